The average molecular weight is 415 g/mol. The van der Waals surface area contributed by atoms with E-state index >= 15 is 0 Å². The fourth-order valence-electron chi connectivity index (χ4n) is 3.03. The zero-order valence-electron chi connectivity index (χ0n) is 17.8. The molecule has 3 aromatic carbocycles. The van der Waals surface area contributed by atoms with Crippen molar-refractivity contribution in [3.05, 3.63) is 95.7 Å². The van der Waals surface area contributed by atoms with Gasteiger partial charge >= 0.3 is 0 Å². The summed E-state index contributed by atoms with van der Waals surface area (Å²) in [6, 6.07) is 20.8. The van der Waals surface area contributed by atoms with E-state index in [9.17, 15) is 4.79 Å². The van der Waals surface area contributed by atoms with E-state index in [0.717, 1.165) is 16.8 Å². The Kier molecular flexibility index (Phi) is 7.49. The maximum Gasteiger partial charge on any atom is 0.203 e. The lowest BCUT2D eigenvalue weighted by Gasteiger charge is -2.12. The van der Waals surface area contributed by atoms with E-state index in [1.807, 2.05) is 66.7 Å². The normalized spacial score (nSPS) is 10.9. The van der Waals surface area contributed by atoms with Gasteiger partial charge < -0.3 is 19.5 Å². The van der Waals surface area contributed by atoms with Crippen LogP contribution in [0, 0.1) is 0 Å². The van der Waals surface area contributed by atoms with Crippen molar-refractivity contribution in [1.82, 2.24) is 0 Å². The average Bonchev–Trinajstić information content (AvgIpc) is 2.82. The van der Waals surface area contributed by atoms with Crippen LogP contribution in [0.5, 0.6) is 17.2 Å². The quantitative estimate of drug-likeness (QED) is 0.276. The highest BCUT2D eigenvalue weighted by atomic mass is 16.5. The zero-order valence-corrected chi connectivity index (χ0v) is 17.8. The number of rotatable bonds is 9. The predicted octanol–water partition coefficient (Wildman–Crippen LogP) is 5.69. The van der Waals surface area contributed by atoms with E-state index in [0.29, 0.717) is 22.8 Å². The van der Waals surface area contributed by atoms with E-state index in [2.05, 4.69) is 5.32 Å². The summed E-state index contributed by atoms with van der Waals surface area (Å²) >= 11 is 0. The Hall–Kier alpha value is -3.99. The van der Waals surface area contributed by atoms with Crippen LogP contribution < -0.4 is 19.5 Å². The zero-order chi connectivity index (χ0) is 22.1. The van der Waals surface area contributed by atoms with Gasteiger partial charge in [0.2, 0.25) is 5.75 Å². The third kappa shape index (κ3) is 5.76. The molecule has 0 aliphatic carbocycles. The Morgan fingerprint density at radius 2 is 1.45 bits per heavy atom. The van der Waals surface area contributed by atoms with E-state index in [-0.39, 0.29) is 5.78 Å². The summed E-state index contributed by atoms with van der Waals surface area (Å²) in [5, 5.41) is 3.14. The minimum atomic E-state index is -0.0495. The van der Waals surface area contributed by atoms with Crippen LogP contribution in [0.1, 0.15) is 21.5 Å². The maximum atomic E-state index is 12.1. The molecule has 0 heterocycles. The SMILES string of the molecule is COc1cc(C=Cc2cccc(NC=CC(=O)c3ccccc3)c2)cc(OC)c1OC. The Morgan fingerprint density at radius 3 is 2.10 bits per heavy atom. The smallest absolute Gasteiger partial charge is 0.203 e. The monoisotopic (exact) mass is 415 g/mol. The molecule has 0 saturated heterocycles. The number of hydrogen-bond acceptors (Lipinski definition) is 5. The molecule has 0 radical (unpaired) electrons. The lowest BCUT2D eigenvalue weighted by molar-refractivity contribution is 0.104. The first-order valence-electron chi connectivity index (χ1n) is 9.75. The summed E-state index contributed by atoms with van der Waals surface area (Å²) in [5.41, 5.74) is 3.45. The number of carbonyl (C=O) groups is 1. The van der Waals surface area contributed by atoms with Gasteiger partial charge in [-0.3, -0.25) is 4.79 Å². The van der Waals surface area contributed by atoms with E-state index < -0.39 is 0 Å². The molecule has 0 saturated carbocycles. The van der Waals surface area contributed by atoms with Gasteiger partial charge in [0.05, 0.1) is 21.3 Å². The number of allylic oxidation sites excluding steroid dienone is 1. The number of hydrogen-bond donors (Lipinski definition) is 1. The molecule has 3 aromatic rings. The van der Waals surface area contributed by atoms with Crippen LogP contribution in [0.4, 0.5) is 5.69 Å². The molecule has 1 N–H and O–H groups in total. The molecule has 0 unspecified atom stereocenters. The minimum Gasteiger partial charge on any atom is -0.493 e. The number of nitrogens with one attached hydrogen (secondary N) is 1. The molecular weight excluding hydrogens is 390 g/mol. The van der Waals surface area contributed by atoms with Crippen molar-refractivity contribution in [2.45, 2.75) is 0 Å². The minimum absolute atomic E-state index is 0.0495. The summed E-state index contributed by atoms with van der Waals surface area (Å²) in [6.45, 7) is 0. The molecule has 0 spiro atoms. The van der Waals surface area contributed by atoms with Gasteiger partial charge in [0, 0.05) is 23.5 Å². The van der Waals surface area contributed by atoms with Crippen LogP contribution in [0.3, 0.4) is 0 Å². The molecule has 3 rings (SSSR count). The Labute approximate surface area is 182 Å². The molecule has 0 aliphatic heterocycles. The van der Waals surface area contributed by atoms with Crippen LogP contribution in [-0.2, 0) is 0 Å². The second-order valence-electron chi connectivity index (χ2n) is 6.63. The fourth-order valence-corrected chi connectivity index (χ4v) is 3.03. The summed E-state index contributed by atoms with van der Waals surface area (Å²) in [6.07, 6.45) is 7.13. The van der Waals surface area contributed by atoms with Crippen molar-refractivity contribution >= 4 is 23.6 Å². The molecule has 158 valence electrons. The first kappa shape index (κ1) is 21.7. The number of ether oxygens (including phenoxy) is 3. The lowest BCUT2D eigenvalue weighted by atomic mass is 10.1. The molecule has 31 heavy (non-hydrogen) atoms. The number of anilines is 1. The van der Waals surface area contributed by atoms with Gasteiger partial charge in [0.25, 0.3) is 0 Å². The molecule has 0 amide bonds. The fraction of sp³-hybridized carbons (Fsp3) is 0.115. The molecule has 0 atom stereocenters. The molecule has 0 fully saturated rings. The van der Waals surface area contributed by atoms with E-state index in [1.165, 1.54) is 6.08 Å². The van der Waals surface area contributed by atoms with Crippen molar-refractivity contribution in [2.75, 3.05) is 26.6 Å². The van der Waals surface area contributed by atoms with Crippen LogP contribution in [0.25, 0.3) is 12.2 Å². The third-order valence-corrected chi connectivity index (χ3v) is 4.58. The van der Waals surface area contributed by atoms with Crippen LogP contribution >= 0.6 is 0 Å². The number of carbonyl (C=O) groups excluding carboxylic acids is 1. The van der Waals surface area contributed by atoms with Crippen LogP contribution in [-0.4, -0.2) is 27.1 Å². The second-order valence-corrected chi connectivity index (χ2v) is 6.63. The topological polar surface area (TPSA) is 56.8 Å². The molecule has 0 aliphatic rings. The van der Waals surface area contributed by atoms with Crippen molar-refractivity contribution in [3.63, 3.8) is 0 Å². The highest BCUT2D eigenvalue weighted by molar-refractivity contribution is 6.04. The number of ketones is 1. The van der Waals surface area contributed by atoms with Gasteiger partial charge in [-0.25, -0.2) is 0 Å². The van der Waals surface area contributed by atoms with Crippen molar-refractivity contribution in [3.8, 4) is 17.2 Å². The Balaban J connectivity index is 1.71. The second kappa shape index (κ2) is 10.7. The standard InChI is InChI=1S/C26H25NO4/c1-29-24-17-20(18-25(30-2)26(24)31-3)13-12-19-8-7-11-22(16-19)27-15-14-23(28)21-9-5-4-6-10-21/h4-18,27H,1-3H3. The predicted molar refractivity (Wildman–Crippen MR) is 125 cm³/mol. The van der Waals surface area contributed by atoms with Gasteiger partial charge in [-0.15, -0.1) is 0 Å². The lowest BCUT2D eigenvalue weighted by Crippen LogP contribution is -1.96. The number of benzene rings is 3. The molecule has 5 nitrogen and oxygen atoms in total. The van der Waals surface area contributed by atoms with Gasteiger partial charge in [0.15, 0.2) is 17.3 Å². The van der Waals surface area contributed by atoms with Gasteiger partial charge in [-0.05, 0) is 35.4 Å². The van der Waals surface area contributed by atoms with Crippen LogP contribution in [0.2, 0.25) is 0 Å². The Bertz CT molecular complexity index is 1060. The van der Waals surface area contributed by atoms with Gasteiger partial charge in [0.1, 0.15) is 0 Å². The summed E-state index contributed by atoms with van der Waals surface area (Å²) in [7, 11) is 4.77. The molecule has 0 bridgehead atoms. The highest BCUT2D eigenvalue weighted by Crippen LogP contribution is 2.38. The molecule has 0 aromatic heterocycles. The number of methoxy groups -OCH3 is 3. The summed E-state index contributed by atoms with van der Waals surface area (Å²) < 4.78 is 16.2. The first-order valence-corrected chi connectivity index (χ1v) is 9.75. The largest absolute Gasteiger partial charge is 0.493 e. The summed E-state index contributed by atoms with van der Waals surface area (Å²) in [4.78, 5) is 12.1. The first-order chi connectivity index (χ1) is 15.1. The van der Waals surface area contributed by atoms with Gasteiger partial charge in [-0.1, -0.05) is 54.6 Å². The van der Waals surface area contributed by atoms with Crippen molar-refractivity contribution in [2.24, 2.45) is 0 Å². The Morgan fingerprint density at radius 1 is 0.774 bits per heavy atom. The van der Waals surface area contributed by atoms with Crippen molar-refractivity contribution < 1.29 is 19.0 Å². The molecular formula is C26H25NO4. The van der Waals surface area contributed by atoms with Crippen LogP contribution in [0.15, 0.2) is 79.0 Å². The van der Waals surface area contributed by atoms with E-state index in [1.54, 1.807) is 39.7 Å². The summed E-state index contributed by atoms with van der Waals surface area (Å²) in [5.74, 6) is 1.71. The van der Waals surface area contributed by atoms with Crippen molar-refractivity contribution in [1.29, 1.82) is 0 Å². The van der Waals surface area contributed by atoms with Gasteiger partial charge in [-0.2, -0.15) is 0 Å². The maximum absolute atomic E-state index is 12.1. The third-order valence-electron chi connectivity index (χ3n) is 4.58. The molecule has 5 heteroatoms. The highest BCUT2D eigenvalue weighted by Gasteiger charge is 2.11. The van der Waals surface area contributed by atoms with E-state index in [4.69, 9.17) is 14.2 Å².